The van der Waals surface area contributed by atoms with E-state index < -0.39 is 0 Å². The van der Waals surface area contributed by atoms with Crippen molar-refractivity contribution in [1.29, 1.82) is 0 Å². The topological polar surface area (TPSA) is 45.3 Å². The number of hydrogen-bond acceptors (Lipinski definition) is 3. The zero-order chi connectivity index (χ0) is 9.26. The van der Waals surface area contributed by atoms with Crippen LogP contribution in [-0.2, 0) is 28.0 Å². The average molecular weight is 223 g/mol. The van der Waals surface area contributed by atoms with E-state index in [9.17, 15) is 0 Å². The van der Waals surface area contributed by atoms with Gasteiger partial charge >= 0.3 is 0 Å². The van der Waals surface area contributed by atoms with E-state index >= 15 is 0 Å². The van der Waals surface area contributed by atoms with Crippen molar-refractivity contribution in [2.45, 2.75) is 37.6 Å². The van der Waals surface area contributed by atoms with Crippen LogP contribution in [0.5, 0.6) is 0 Å². The summed E-state index contributed by atoms with van der Waals surface area (Å²) < 4.78 is 16.3. The second-order valence-corrected chi connectivity index (χ2v) is 3.66. The summed E-state index contributed by atoms with van der Waals surface area (Å²) in [6.45, 7) is 1.02. The molecule has 3 fully saturated rings. The van der Waals surface area contributed by atoms with Gasteiger partial charge in [-0.05, 0) is 25.2 Å². The molecule has 1 radical (unpaired) electrons. The molecular weight excluding hydrogens is 207 g/mol. The Hall–Kier alpha value is 0.464. The molecule has 3 aliphatic rings. The molecule has 1 saturated carbocycles. The summed E-state index contributed by atoms with van der Waals surface area (Å²) in [4.78, 5) is 0. The second kappa shape index (κ2) is 4.81. The van der Waals surface area contributed by atoms with Crippen molar-refractivity contribution >= 4 is 0 Å². The predicted molar refractivity (Wildman–Crippen MR) is 43.0 cm³/mol. The number of aliphatic hydroxyl groups is 1. The van der Waals surface area contributed by atoms with Gasteiger partial charge in [-0.3, -0.25) is 0 Å². The van der Waals surface area contributed by atoms with E-state index in [4.69, 9.17) is 16.0 Å². The first kappa shape index (κ1) is 10.00. The molecule has 0 aromatic carbocycles. The molecule has 13 heavy (non-hydrogen) atoms. The van der Waals surface area contributed by atoms with Crippen molar-refractivity contribution in [1.82, 2.24) is 0 Å². The van der Waals surface area contributed by atoms with Crippen LogP contribution in [0.3, 0.4) is 0 Å². The van der Waals surface area contributed by atoms with E-state index in [0.29, 0.717) is 18.3 Å². The molecule has 2 saturated heterocycles. The van der Waals surface area contributed by atoms with Crippen LogP contribution in [0, 0.1) is 13.0 Å². The van der Waals surface area contributed by atoms with E-state index in [0.717, 1.165) is 12.5 Å². The molecule has 4 unspecified atom stereocenters. The van der Waals surface area contributed by atoms with Gasteiger partial charge in [0, 0.05) is 18.6 Å². The molecule has 3 rings (SSSR count). The Morgan fingerprint density at radius 3 is 2.54 bits per heavy atom. The third-order valence-electron chi connectivity index (χ3n) is 2.93. The van der Waals surface area contributed by atoms with Gasteiger partial charge in [0.05, 0.1) is 24.9 Å². The summed E-state index contributed by atoms with van der Waals surface area (Å²) in [5, 5.41) is 7.11. The first-order valence-corrected chi connectivity index (χ1v) is 4.46. The molecule has 1 aliphatic carbocycles. The summed E-state index contributed by atoms with van der Waals surface area (Å²) in [7, 11) is 0.250. The normalized spacial score (nSPS) is 45.8. The zero-order valence-corrected chi connectivity index (χ0v) is 8.82. The Bertz CT molecular complexity index is 177. The van der Waals surface area contributed by atoms with Gasteiger partial charge in [-0.1, -0.05) is 0 Å². The molecule has 4 heteroatoms. The molecule has 75 valence electrons. The molecule has 0 aromatic rings. The molecule has 0 bridgehead atoms. The van der Waals surface area contributed by atoms with E-state index in [1.54, 1.807) is 0 Å². The number of fused-ring (bicyclic) bond motifs is 1. The van der Waals surface area contributed by atoms with Gasteiger partial charge in [0.1, 0.15) is 0 Å². The first-order chi connectivity index (χ1) is 6.35. The molecule has 2 aliphatic heterocycles. The summed E-state index contributed by atoms with van der Waals surface area (Å²) in [6.07, 6.45) is 5.79. The maximum absolute atomic E-state index is 7.11. The zero-order valence-electron chi connectivity index (χ0n) is 8.43. The summed E-state index contributed by atoms with van der Waals surface area (Å²) >= 11 is 0. The molecule has 0 amide bonds. The third-order valence-corrected chi connectivity index (χ3v) is 2.93. The number of rotatable bonds is 1. The minimum Gasteiger partial charge on any atom is -0.569 e. The molecule has 1 N–H and O–H groups in total. The minimum absolute atomic E-state index is 0. The van der Waals surface area contributed by atoms with Gasteiger partial charge in [-0.2, -0.15) is 1.37 Å². The number of ether oxygens (including phenoxy) is 2. The van der Waals surface area contributed by atoms with E-state index in [1.807, 2.05) is 0 Å². The standard InChI is InChI=1S/C8H12O2.CH3O.V/c1-2-6-7(10-6)3-5(1)8-4-9-8;1-2;/h5-8H,1-4H2;2H,1H2;/q;-1;/i;1D;. The van der Waals surface area contributed by atoms with Crippen LogP contribution in [0.15, 0.2) is 0 Å². The Labute approximate surface area is 92.1 Å². The predicted octanol–water partition coefficient (Wildman–Crippen LogP) is 1.10. The monoisotopic (exact) mass is 223 g/mol. The fraction of sp³-hybridized carbons (Fsp3) is 0.889. The van der Waals surface area contributed by atoms with Gasteiger partial charge in [-0.15, -0.1) is 0 Å². The van der Waals surface area contributed by atoms with Crippen molar-refractivity contribution in [3.63, 3.8) is 0 Å². The van der Waals surface area contributed by atoms with Gasteiger partial charge in [-0.25, -0.2) is 7.09 Å². The Kier molecular flexibility index (Phi) is 3.70. The Balaban J connectivity index is 0.000000223. The molecule has 2 heterocycles. The van der Waals surface area contributed by atoms with Crippen LogP contribution in [0.4, 0.5) is 0 Å². The van der Waals surface area contributed by atoms with E-state index in [2.05, 4.69) is 0 Å². The SMILES string of the molecule is C1CC2OC2CC1C1CO1.[2H][CH-]O.[V]. The van der Waals surface area contributed by atoms with Crippen LogP contribution < -0.4 is 0 Å². The molecule has 0 aromatic heterocycles. The maximum atomic E-state index is 7.11. The van der Waals surface area contributed by atoms with Crippen molar-refractivity contribution in [3.05, 3.63) is 7.09 Å². The van der Waals surface area contributed by atoms with Gasteiger partial charge < -0.3 is 14.6 Å². The van der Waals surface area contributed by atoms with E-state index in [1.165, 1.54) is 19.3 Å². The van der Waals surface area contributed by atoms with Crippen LogP contribution in [0.2, 0.25) is 0 Å². The summed E-state index contributed by atoms with van der Waals surface area (Å²) in [6, 6.07) is 0. The largest absolute Gasteiger partial charge is 0.569 e. The third kappa shape index (κ3) is 2.70. The van der Waals surface area contributed by atoms with Crippen molar-refractivity contribution in [3.8, 4) is 0 Å². The first-order valence-electron chi connectivity index (χ1n) is 5.04. The van der Waals surface area contributed by atoms with Crippen LogP contribution in [0.25, 0.3) is 0 Å². The van der Waals surface area contributed by atoms with Crippen LogP contribution in [0.1, 0.15) is 20.6 Å². The number of aliphatic hydroxyl groups excluding tert-OH is 1. The minimum atomic E-state index is 0. The molecule has 0 spiro atoms. The van der Waals surface area contributed by atoms with Crippen LogP contribution >= 0.6 is 0 Å². The molecule has 3 nitrogen and oxygen atoms in total. The van der Waals surface area contributed by atoms with Crippen molar-refractivity contribution in [2.24, 2.45) is 5.92 Å². The smallest absolute Gasteiger partial charge is 0.0845 e. The fourth-order valence-corrected chi connectivity index (χ4v) is 2.10. The second-order valence-electron chi connectivity index (χ2n) is 3.66. The molecular formula is C9H15O3V-. The Morgan fingerprint density at radius 2 is 2.00 bits per heavy atom. The summed E-state index contributed by atoms with van der Waals surface area (Å²) in [5.41, 5.74) is 0. The van der Waals surface area contributed by atoms with Gasteiger partial charge in [0.2, 0.25) is 0 Å². The number of hydrogen-bond donors (Lipinski definition) is 1. The van der Waals surface area contributed by atoms with Gasteiger partial charge in [0.25, 0.3) is 0 Å². The summed E-state index contributed by atoms with van der Waals surface area (Å²) in [5.74, 6) is 0.837. The Morgan fingerprint density at radius 1 is 1.31 bits per heavy atom. The quantitative estimate of drug-likeness (QED) is 0.534. The van der Waals surface area contributed by atoms with Gasteiger partial charge in [0.15, 0.2) is 0 Å². The average Bonchev–Trinajstić information content (AvgIpc) is 3.00. The van der Waals surface area contributed by atoms with Crippen molar-refractivity contribution < 1.29 is 34.5 Å². The maximum Gasteiger partial charge on any atom is 0.0845 e. The molecule has 4 atom stereocenters. The number of epoxide rings is 2. The van der Waals surface area contributed by atoms with E-state index in [-0.39, 0.29) is 25.6 Å². The fourth-order valence-electron chi connectivity index (χ4n) is 2.10. The van der Waals surface area contributed by atoms with Crippen molar-refractivity contribution in [2.75, 3.05) is 6.61 Å². The van der Waals surface area contributed by atoms with Crippen LogP contribution in [-0.4, -0.2) is 30.0 Å².